The van der Waals surface area contributed by atoms with Gasteiger partial charge >= 0.3 is 0 Å². The Kier molecular flexibility index (Phi) is 8.82. The third-order valence-corrected chi connectivity index (χ3v) is 8.34. The summed E-state index contributed by atoms with van der Waals surface area (Å²) >= 11 is 11.4. The van der Waals surface area contributed by atoms with Crippen LogP contribution in [0.15, 0.2) is 24.3 Å². The summed E-state index contributed by atoms with van der Waals surface area (Å²) in [6, 6.07) is 7.19. The molecule has 7 nitrogen and oxygen atoms in total. The van der Waals surface area contributed by atoms with Gasteiger partial charge in [-0.2, -0.15) is 0 Å². The van der Waals surface area contributed by atoms with Crippen molar-refractivity contribution in [2.45, 2.75) is 0 Å². The molecule has 0 aliphatic rings. The van der Waals surface area contributed by atoms with Crippen LogP contribution in [-0.2, 0) is 25.6 Å². The Morgan fingerprint density at radius 2 is 1.78 bits per heavy atom. The molecule has 1 aromatic carbocycles. The number of carbonyl (C=O) groups excluding carboxylic acids is 1. The molecule has 0 saturated heterocycles. The molecule has 0 aromatic heterocycles. The topological polar surface area (TPSA) is 80.9 Å². The van der Waals surface area contributed by atoms with Gasteiger partial charge in [-0.15, -0.1) is 0 Å². The number of anilines is 1. The van der Waals surface area contributed by atoms with Crippen LogP contribution in [0, 0.1) is 0 Å². The Balaban J connectivity index is 2.34. The van der Waals surface area contributed by atoms with Gasteiger partial charge in [0.15, 0.2) is 5.11 Å². The number of carbonyl (C=O) groups is 1. The lowest BCUT2D eigenvalue weighted by Gasteiger charge is -2.16. The van der Waals surface area contributed by atoms with Gasteiger partial charge in [0.2, 0.25) is 11.6 Å². The van der Waals surface area contributed by atoms with Crippen LogP contribution in [-0.4, -0.2) is 38.1 Å². The van der Waals surface area contributed by atoms with Crippen LogP contribution >= 0.6 is 29.3 Å². The molecule has 0 aliphatic heterocycles. The number of rotatable bonds is 7. The molecule has 0 spiro atoms. The monoisotopic (exact) mass is 395 g/mol. The van der Waals surface area contributed by atoms with E-state index >= 15 is 0 Å². The van der Waals surface area contributed by atoms with Crippen molar-refractivity contribution in [3.63, 3.8) is 0 Å². The van der Waals surface area contributed by atoms with Crippen LogP contribution in [0.1, 0.15) is 0 Å². The normalized spacial score (nSPS) is 10.7. The van der Waals surface area contributed by atoms with Crippen LogP contribution in [0.25, 0.3) is 0 Å². The average molecular weight is 395 g/mol. The van der Waals surface area contributed by atoms with Crippen LogP contribution < -0.4 is 20.9 Å². The summed E-state index contributed by atoms with van der Waals surface area (Å²) in [5, 5.41) is 3.18. The third-order valence-electron chi connectivity index (χ3n) is 2.46. The van der Waals surface area contributed by atoms with E-state index in [0.29, 0.717) is 0 Å². The molecule has 0 fully saturated rings. The molecule has 128 valence electrons. The number of benzene rings is 1. The molecule has 3 N–H and O–H groups in total. The van der Waals surface area contributed by atoms with E-state index < -0.39 is 5.69 Å². The SMILES string of the molecule is COc1ccc(NC(=S)NNC(=O)CSP(=S)(OC)OC)cc1. The molecule has 0 saturated carbocycles. The van der Waals surface area contributed by atoms with E-state index in [1.807, 2.05) is 0 Å². The van der Waals surface area contributed by atoms with Gasteiger partial charge in [-0.1, -0.05) is 11.4 Å². The lowest BCUT2D eigenvalue weighted by atomic mass is 10.3. The number of ether oxygens (including phenoxy) is 1. The van der Waals surface area contributed by atoms with Crippen LogP contribution in [0.2, 0.25) is 0 Å². The zero-order chi connectivity index (χ0) is 17.3. The Morgan fingerprint density at radius 1 is 1.17 bits per heavy atom. The second-order valence-corrected chi connectivity index (χ2v) is 10.9. The first-order chi connectivity index (χ1) is 10.9. The number of hydrogen-bond acceptors (Lipinski definition) is 7. The average Bonchev–Trinajstić information content (AvgIpc) is 2.58. The fourth-order valence-electron chi connectivity index (χ4n) is 1.32. The van der Waals surface area contributed by atoms with E-state index in [4.69, 9.17) is 37.8 Å². The molecule has 0 unspecified atom stereocenters. The first-order valence-corrected chi connectivity index (χ1v) is 10.9. The summed E-state index contributed by atoms with van der Waals surface area (Å²) in [5.74, 6) is 0.542. The molecular weight excluding hydrogens is 377 g/mol. The van der Waals surface area contributed by atoms with Gasteiger partial charge in [-0.05, 0) is 48.3 Å². The van der Waals surface area contributed by atoms with Crippen molar-refractivity contribution in [3.05, 3.63) is 24.3 Å². The van der Waals surface area contributed by atoms with Crippen molar-refractivity contribution in [2.24, 2.45) is 0 Å². The van der Waals surface area contributed by atoms with Gasteiger partial charge in [0, 0.05) is 19.9 Å². The second kappa shape index (κ2) is 10.1. The van der Waals surface area contributed by atoms with Gasteiger partial charge < -0.3 is 19.1 Å². The molecule has 0 bridgehead atoms. The fourth-order valence-corrected chi connectivity index (χ4v) is 4.13. The molecule has 0 radical (unpaired) electrons. The van der Waals surface area contributed by atoms with Crippen molar-refractivity contribution >= 4 is 57.8 Å². The molecule has 1 amide bonds. The zero-order valence-corrected chi connectivity index (χ0v) is 16.2. The summed E-state index contributed by atoms with van der Waals surface area (Å²) in [6.07, 6.45) is 0. The minimum atomic E-state index is -2.44. The highest BCUT2D eigenvalue weighted by molar-refractivity contribution is 8.68. The highest BCUT2D eigenvalue weighted by Gasteiger charge is 2.18. The highest BCUT2D eigenvalue weighted by atomic mass is 32.9. The largest absolute Gasteiger partial charge is 0.497 e. The molecule has 23 heavy (non-hydrogen) atoms. The number of nitrogens with one attached hydrogen (secondary N) is 3. The maximum Gasteiger partial charge on any atom is 0.248 e. The van der Waals surface area contributed by atoms with Crippen LogP contribution in [0.5, 0.6) is 5.75 Å². The van der Waals surface area contributed by atoms with E-state index in [2.05, 4.69) is 16.2 Å². The van der Waals surface area contributed by atoms with Gasteiger partial charge in [0.05, 0.1) is 12.9 Å². The Hall–Kier alpha value is -0.900. The van der Waals surface area contributed by atoms with Crippen LogP contribution in [0.4, 0.5) is 5.69 Å². The maximum atomic E-state index is 11.7. The minimum Gasteiger partial charge on any atom is -0.497 e. The quantitative estimate of drug-likeness (QED) is 0.366. The predicted octanol–water partition coefficient (Wildman–Crippen LogP) is 2.26. The summed E-state index contributed by atoms with van der Waals surface area (Å²) in [7, 11) is 4.51. The van der Waals surface area contributed by atoms with Gasteiger partial charge in [0.1, 0.15) is 5.75 Å². The summed E-state index contributed by atoms with van der Waals surface area (Å²) in [6.45, 7) is 0. The van der Waals surface area contributed by atoms with Crippen LogP contribution in [0.3, 0.4) is 0 Å². The van der Waals surface area contributed by atoms with Gasteiger partial charge in [-0.25, -0.2) is 0 Å². The lowest BCUT2D eigenvalue weighted by molar-refractivity contribution is -0.119. The first-order valence-electron chi connectivity index (χ1n) is 6.28. The fraction of sp³-hybridized carbons (Fsp3) is 0.333. The summed E-state index contributed by atoms with van der Waals surface area (Å²) < 4.78 is 15.2. The first kappa shape index (κ1) is 20.1. The molecule has 11 heteroatoms. The number of methoxy groups -OCH3 is 1. The molecule has 1 aromatic rings. The number of hydrazine groups is 1. The summed E-state index contributed by atoms with van der Waals surface area (Å²) in [4.78, 5) is 11.7. The predicted molar refractivity (Wildman–Crippen MR) is 101 cm³/mol. The molecule has 0 aliphatic carbocycles. The van der Waals surface area contributed by atoms with E-state index in [1.165, 1.54) is 14.2 Å². The Morgan fingerprint density at radius 3 is 2.30 bits per heavy atom. The molecule has 0 heterocycles. The Bertz CT molecular complexity index is 577. The lowest BCUT2D eigenvalue weighted by Crippen LogP contribution is -2.44. The summed E-state index contributed by atoms with van der Waals surface area (Å²) in [5.41, 5.74) is 3.39. The highest BCUT2D eigenvalue weighted by Crippen LogP contribution is 2.59. The smallest absolute Gasteiger partial charge is 0.248 e. The number of amides is 1. The van der Waals surface area contributed by atoms with Gasteiger partial charge in [-0.3, -0.25) is 15.6 Å². The van der Waals surface area contributed by atoms with Crippen molar-refractivity contribution in [1.82, 2.24) is 10.9 Å². The Labute approximate surface area is 149 Å². The van der Waals surface area contributed by atoms with E-state index in [0.717, 1.165) is 22.8 Å². The van der Waals surface area contributed by atoms with E-state index in [-0.39, 0.29) is 16.8 Å². The molecular formula is C12H18N3O4PS3. The second-order valence-electron chi connectivity index (χ2n) is 3.94. The van der Waals surface area contributed by atoms with E-state index in [9.17, 15) is 4.79 Å². The van der Waals surface area contributed by atoms with Gasteiger partial charge in [0.25, 0.3) is 0 Å². The van der Waals surface area contributed by atoms with Crippen molar-refractivity contribution in [2.75, 3.05) is 32.4 Å². The van der Waals surface area contributed by atoms with Crippen molar-refractivity contribution in [3.8, 4) is 5.75 Å². The molecule has 1 rings (SSSR count). The van der Waals surface area contributed by atoms with Crippen molar-refractivity contribution in [1.29, 1.82) is 0 Å². The maximum absolute atomic E-state index is 11.7. The van der Waals surface area contributed by atoms with Crippen molar-refractivity contribution < 1.29 is 18.6 Å². The standard InChI is InChI=1S/C12H18N3O4PS3/c1-17-10-6-4-9(5-7-10)13-12(21)15-14-11(16)8-23-20(22,18-2)19-3/h4-7H,8H2,1-3H3,(H,14,16)(H2,13,15,21). The van der Waals surface area contributed by atoms with E-state index in [1.54, 1.807) is 31.4 Å². The number of hydrogen-bond donors (Lipinski definition) is 3. The third kappa shape index (κ3) is 7.47. The zero-order valence-electron chi connectivity index (χ0n) is 12.8. The number of thiocarbonyl (C=S) groups is 1. The minimum absolute atomic E-state index is 0.0944. The molecule has 0 atom stereocenters.